The monoisotopic (exact) mass is 499 g/mol. The van der Waals surface area contributed by atoms with Crippen LogP contribution >= 0.6 is 0 Å². The number of hydrogen-bond acceptors (Lipinski definition) is 7. The van der Waals surface area contributed by atoms with Crippen molar-refractivity contribution in [3.05, 3.63) is 30.0 Å². The van der Waals surface area contributed by atoms with Crippen molar-refractivity contribution in [2.75, 3.05) is 40.0 Å². The fraction of sp³-hybridized carbons (Fsp3) is 0.607. The third-order valence-electron chi connectivity index (χ3n) is 6.21. The Hall–Kier alpha value is -2.71. The maximum absolute atomic E-state index is 13.8. The minimum atomic E-state index is -0.131. The summed E-state index contributed by atoms with van der Waals surface area (Å²) in [4.78, 5) is 32.8. The highest BCUT2D eigenvalue weighted by Gasteiger charge is 2.30. The summed E-state index contributed by atoms with van der Waals surface area (Å²) in [5, 5.41) is 4.15. The minimum Gasteiger partial charge on any atom is -0.493 e. The van der Waals surface area contributed by atoms with Gasteiger partial charge < -0.3 is 24.4 Å². The number of amides is 1. The van der Waals surface area contributed by atoms with E-state index in [1.165, 1.54) is 0 Å². The molecule has 36 heavy (non-hydrogen) atoms. The van der Waals surface area contributed by atoms with Crippen LogP contribution in [0, 0.1) is 5.92 Å². The summed E-state index contributed by atoms with van der Waals surface area (Å²) in [6.45, 7) is 10.8. The van der Waals surface area contributed by atoms with Crippen LogP contribution in [0.4, 0.5) is 0 Å². The molecular weight excluding hydrogens is 458 g/mol. The molecule has 0 saturated carbocycles. The molecule has 1 aromatic heterocycles. The molecule has 1 fully saturated rings. The van der Waals surface area contributed by atoms with Crippen LogP contribution in [0.2, 0.25) is 0 Å². The van der Waals surface area contributed by atoms with E-state index in [-0.39, 0.29) is 36.3 Å². The first-order valence-corrected chi connectivity index (χ1v) is 13.0. The van der Waals surface area contributed by atoms with Gasteiger partial charge in [-0.3, -0.25) is 9.59 Å². The van der Waals surface area contributed by atoms with Crippen molar-refractivity contribution >= 4 is 22.6 Å². The van der Waals surface area contributed by atoms with E-state index in [0.717, 1.165) is 37.7 Å². The molecule has 198 valence electrons. The summed E-state index contributed by atoms with van der Waals surface area (Å²) in [6, 6.07) is 7.39. The Balaban J connectivity index is 1.98. The number of aromatic nitrogens is 1. The second-order valence-electron chi connectivity index (χ2n) is 10.1. The van der Waals surface area contributed by atoms with E-state index in [0.29, 0.717) is 42.3 Å². The molecule has 0 radical (unpaired) electrons. The molecule has 1 saturated heterocycles. The first-order valence-electron chi connectivity index (χ1n) is 13.0. The van der Waals surface area contributed by atoms with Crippen molar-refractivity contribution < 1.29 is 23.8 Å². The Kier molecular flexibility index (Phi) is 10.5. The quantitative estimate of drug-likeness (QED) is 0.412. The summed E-state index contributed by atoms with van der Waals surface area (Å²) >= 11 is 0. The van der Waals surface area contributed by atoms with E-state index in [9.17, 15) is 9.59 Å². The lowest BCUT2D eigenvalue weighted by Crippen LogP contribution is -2.51. The van der Waals surface area contributed by atoms with Gasteiger partial charge in [0.1, 0.15) is 29.3 Å². The number of nitrogens with one attached hydrogen (secondary N) is 1. The third-order valence-corrected chi connectivity index (χ3v) is 6.21. The molecule has 1 aromatic carbocycles. The summed E-state index contributed by atoms with van der Waals surface area (Å²) < 4.78 is 17.2. The lowest BCUT2D eigenvalue weighted by atomic mass is 10.0. The standard InChI is InChI=1S/C28H41N3O5/c1-19(2)15-22(32)18-36-25-11-6-10-23-26(35-14-8-13-34-5)16-24(30-27(23)25)28(33)31(20(3)4)21-9-7-12-29-17-21/h6,10-11,16,19-21,29H,7-9,12-15,17-18H2,1-5H3/t21-/m1/s1. The van der Waals surface area contributed by atoms with Crippen molar-refractivity contribution in [3.8, 4) is 11.5 Å². The van der Waals surface area contributed by atoms with Crippen molar-refractivity contribution in [1.82, 2.24) is 15.2 Å². The Morgan fingerprint density at radius 2 is 1.94 bits per heavy atom. The fourth-order valence-corrected chi connectivity index (χ4v) is 4.62. The van der Waals surface area contributed by atoms with Gasteiger partial charge in [0.2, 0.25) is 0 Å². The van der Waals surface area contributed by atoms with Crippen LogP contribution in [-0.4, -0.2) is 73.7 Å². The number of piperidine rings is 1. The van der Waals surface area contributed by atoms with Gasteiger partial charge in [-0.2, -0.15) is 0 Å². The number of benzene rings is 1. The number of fused-ring (bicyclic) bond motifs is 1. The van der Waals surface area contributed by atoms with Gasteiger partial charge in [0.25, 0.3) is 5.91 Å². The van der Waals surface area contributed by atoms with Gasteiger partial charge in [0.15, 0.2) is 5.78 Å². The minimum absolute atomic E-state index is 0.0196. The van der Waals surface area contributed by atoms with Gasteiger partial charge >= 0.3 is 0 Å². The first kappa shape index (κ1) is 27.9. The van der Waals surface area contributed by atoms with Gasteiger partial charge in [-0.25, -0.2) is 4.98 Å². The predicted molar refractivity (Wildman–Crippen MR) is 141 cm³/mol. The Bertz CT molecular complexity index is 1020. The molecule has 1 atom stereocenters. The van der Waals surface area contributed by atoms with E-state index >= 15 is 0 Å². The molecule has 1 amide bonds. The molecule has 1 aliphatic rings. The van der Waals surface area contributed by atoms with Crippen molar-refractivity contribution in [1.29, 1.82) is 0 Å². The zero-order valence-electron chi connectivity index (χ0n) is 22.3. The first-order chi connectivity index (χ1) is 17.3. The topological polar surface area (TPSA) is 90.0 Å². The fourth-order valence-electron chi connectivity index (χ4n) is 4.62. The maximum Gasteiger partial charge on any atom is 0.273 e. The second kappa shape index (κ2) is 13.6. The molecule has 8 nitrogen and oxygen atoms in total. The number of hydrogen-bond donors (Lipinski definition) is 1. The van der Waals surface area contributed by atoms with Crippen molar-refractivity contribution in [2.24, 2.45) is 5.92 Å². The number of methoxy groups -OCH3 is 1. The molecule has 0 bridgehead atoms. The molecule has 8 heteroatoms. The number of para-hydroxylation sites is 1. The summed E-state index contributed by atoms with van der Waals surface area (Å²) in [7, 11) is 1.66. The number of ether oxygens (including phenoxy) is 3. The molecule has 3 rings (SSSR count). The van der Waals surface area contributed by atoms with E-state index in [2.05, 4.69) is 5.32 Å². The van der Waals surface area contributed by atoms with Gasteiger partial charge in [0, 0.05) is 56.6 Å². The van der Waals surface area contributed by atoms with Gasteiger partial charge in [-0.15, -0.1) is 0 Å². The number of Topliss-reactive ketones (excluding diaryl/α,β-unsaturated/α-hetero) is 1. The largest absolute Gasteiger partial charge is 0.493 e. The average Bonchev–Trinajstić information content (AvgIpc) is 2.85. The molecule has 2 aromatic rings. The Morgan fingerprint density at radius 1 is 1.14 bits per heavy atom. The van der Waals surface area contributed by atoms with E-state index < -0.39 is 0 Å². The lowest BCUT2D eigenvalue weighted by molar-refractivity contribution is -0.121. The van der Waals surface area contributed by atoms with E-state index in [1.807, 2.05) is 44.7 Å². The second-order valence-corrected chi connectivity index (χ2v) is 10.1. The molecule has 0 unspecified atom stereocenters. The zero-order chi connectivity index (χ0) is 26.1. The average molecular weight is 500 g/mol. The molecule has 0 aliphatic carbocycles. The number of rotatable bonds is 13. The summed E-state index contributed by atoms with van der Waals surface area (Å²) in [5.74, 6) is 1.20. The SMILES string of the molecule is COCCCOc1cc(C(=O)N(C(C)C)[C@@H]2CCCNC2)nc2c(OCC(=O)CC(C)C)cccc12. The van der Waals surface area contributed by atoms with Crippen LogP contribution in [0.3, 0.4) is 0 Å². The van der Waals surface area contributed by atoms with Crippen LogP contribution in [0.1, 0.15) is 63.9 Å². The number of carbonyl (C=O) groups excluding carboxylic acids is 2. The highest BCUT2D eigenvalue weighted by atomic mass is 16.5. The third kappa shape index (κ3) is 7.40. The van der Waals surface area contributed by atoms with Crippen LogP contribution in [0.15, 0.2) is 24.3 Å². The van der Waals surface area contributed by atoms with Crippen molar-refractivity contribution in [3.63, 3.8) is 0 Å². The van der Waals surface area contributed by atoms with Crippen LogP contribution in [-0.2, 0) is 9.53 Å². The van der Waals surface area contributed by atoms with Crippen molar-refractivity contribution in [2.45, 2.75) is 65.5 Å². The normalized spacial score (nSPS) is 15.9. The highest BCUT2D eigenvalue weighted by molar-refractivity contribution is 5.99. The molecular formula is C28H41N3O5. The summed E-state index contributed by atoms with van der Waals surface area (Å²) in [5.41, 5.74) is 0.834. The number of pyridine rings is 1. The summed E-state index contributed by atoms with van der Waals surface area (Å²) in [6.07, 6.45) is 3.16. The maximum atomic E-state index is 13.8. The Morgan fingerprint density at radius 3 is 2.61 bits per heavy atom. The molecule has 2 heterocycles. The predicted octanol–water partition coefficient (Wildman–Crippen LogP) is 4.25. The van der Waals surface area contributed by atoms with E-state index in [4.69, 9.17) is 19.2 Å². The van der Waals surface area contributed by atoms with Gasteiger partial charge in [0.05, 0.1) is 6.61 Å². The van der Waals surface area contributed by atoms with Crippen LogP contribution < -0.4 is 14.8 Å². The molecule has 0 spiro atoms. The number of carbonyl (C=O) groups is 2. The van der Waals surface area contributed by atoms with Crippen LogP contribution in [0.25, 0.3) is 10.9 Å². The van der Waals surface area contributed by atoms with E-state index in [1.54, 1.807) is 19.2 Å². The van der Waals surface area contributed by atoms with Crippen LogP contribution in [0.5, 0.6) is 11.5 Å². The highest BCUT2D eigenvalue weighted by Crippen LogP contribution is 2.33. The molecule has 1 N–H and O–H groups in total. The Labute approximate surface area is 214 Å². The zero-order valence-corrected chi connectivity index (χ0v) is 22.3. The van der Waals surface area contributed by atoms with Gasteiger partial charge in [-0.05, 0) is 51.3 Å². The van der Waals surface area contributed by atoms with Gasteiger partial charge in [-0.1, -0.05) is 19.9 Å². The molecule has 1 aliphatic heterocycles. The lowest BCUT2D eigenvalue weighted by Gasteiger charge is -2.37. The number of nitrogens with zero attached hydrogens (tertiary/aromatic N) is 2. The number of ketones is 1. The smallest absolute Gasteiger partial charge is 0.273 e.